The molecule has 0 unspecified atom stereocenters. The first-order valence-electron chi connectivity index (χ1n) is 9.55. The standard InChI is InChI=1S/C21H19FN6O2/c1-11-2-5-15(22)16(6-11)25-17-9-18(24-14-3-4-14)28-20(26-17)13(10-23-28)7-12-8-19(29)27-21(12)30/h2,5-10,14,25,27,29-30H,3-4H2,1H3. The van der Waals surface area contributed by atoms with Crippen LogP contribution in [-0.2, 0) is 0 Å². The van der Waals surface area contributed by atoms with Crippen molar-refractivity contribution >= 4 is 23.2 Å². The molecule has 0 saturated heterocycles. The topological polar surface area (TPSA) is 111 Å². The zero-order chi connectivity index (χ0) is 20.8. The Balaban J connectivity index is 1.68. The molecular formula is C21H19FN6O2. The minimum absolute atomic E-state index is 0.148. The molecule has 8 nitrogen and oxygen atoms in total. The number of nitrogens with zero attached hydrogens (tertiary/aromatic N) is 4. The summed E-state index contributed by atoms with van der Waals surface area (Å²) < 4.78 is 15.9. The average molecular weight is 406 g/mol. The number of aromatic hydroxyl groups is 2. The highest BCUT2D eigenvalue weighted by Gasteiger charge is 2.20. The molecule has 1 aromatic carbocycles. The SMILES string of the molecule is Cc1ccc(F)c(Nc2cc(=NC3CC3)n3ncc(=Cc4cc(O)[nH]c4O)c3n2)c1. The lowest BCUT2D eigenvalue weighted by atomic mass is 10.2. The first-order valence-corrected chi connectivity index (χ1v) is 9.55. The van der Waals surface area contributed by atoms with Crippen molar-refractivity contribution in [3.05, 3.63) is 64.2 Å². The highest BCUT2D eigenvalue weighted by molar-refractivity contribution is 5.64. The van der Waals surface area contributed by atoms with Crippen molar-refractivity contribution in [2.75, 3.05) is 5.32 Å². The summed E-state index contributed by atoms with van der Waals surface area (Å²) in [6.07, 6.45) is 5.30. The molecule has 152 valence electrons. The number of halogens is 1. The normalized spacial score (nSPS) is 15.3. The van der Waals surface area contributed by atoms with Crippen LogP contribution >= 0.6 is 0 Å². The fraction of sp³-hybridized carbons (Fsp3) is 0.190. The Morgan fingerprint density at radius 3 is 2.83 bits per heavy atom. The molecule has 1 saturated carbocycles. The lowest BCUT2D eigenvalue weighted by molar-refractivity contribution is 0.425. The van der Waals surface area contributed by atoms with E-state index in [4.69, 9.17) is 4.99 Å². The van der Waals surface area contributed by atoms with Crippen molar-refractivity contribution < 1.29 is 14.6 Å². The molecule has 1 aliphatic rings. The van der Waals surface area contributed by atoms with Crippen molar-refractivity contribution in [3.8, 4) is 11.8 Å². The molecule has 1 aliphatic carbocycles. The van der Waals surface area contributed by atoms with Gasteiger partial charge in [0.25, 0.3) is 0 Å². The molecule has 30 heavy (non-hydrogen) atoms. The van der Waals surface area contributed by atoms with Crippen molar-refractivity contribution in [2.45, 2.75) is 25.8 Å². The van der Waals surface area contributed by atoms with Crippen molar-refractivity contribution in [1.29, 1.82) is 0 Å². The van der Waals surface area contributed by atoms with Gasteiger partial charge in [-0.25, -0.2) is 9.37 Å². The molecule has 0 radical (unpaired) electrons. The summed E-state index contributed by atoms with van der Waals surface area (Å²) >= 11 is 0. The largest absolute Gasteiger partial charge is 0.494 e. The number of nitrogens with one attached hydrogen (secondary N) is 2. The molecule has 0 bridgehead atoms. The molecule has 0 amide bonds. The van der Waals surface area contributed by atoms with Gasteiger partial charge in [0.1, 0.15) is 11.6 Å². The van der Waals surface area contributed by atoms with E-state index in [9.17, 15) is 14.6 Å². The minimum Gasteiger partial charge on any atom is -0.494 e. The fourth-order valence-electron chi connectivity index (χ4n) is 3.21. The Hall–Kier alpha value is -3.88. The highest BCUT2D eigenvalue weighted by atomic mass is 19.1. The third-order valence-corrected chi connectivity index (χ3v) is 4.85. The molecule has 4 aromatic rings. The minimum atomic E-state index is -0.379. The second-order valence-corrected chi connectivity index (χ2v) is 7.41. The molecule has 9 heteroatoms. The van der Waals surface area contributed by atoms with Crippen LogP contribution in [0.2, 0.25) is 0 Å². The van der Waals surface area contributed by atoms with Crippen LogP contribution < -0.4 is 16.0 Å². The van der Waals surface area contributed by atoms with Gasteiger partial charge in [0.15, 0.2) is 22.9 Å². The second-order valence-electron chi connectivity index (χ2n) is 7.41. The number of benzene rings is 1. The van der Waals surface area contributed by atoms with E-state index in [2.05, 4.69) is 20.4 Å². The van der Waals surface area contributed by atoms with E-state index in [0.717, 1.165) is 18.4 Å². The van der Waals surface area contributed by atoms with Crippen molar-refractivity contribution in [1.82, 2.24) is 19.6 Å². The van der Waals surface area contributed by atoms with Crippen LogP contribution in [0.3, 0.4) is 0 Å². The van der Waals surface area contributed by atoms with E-state index in [1.54, 1.807) is 35.0 Å². The Bertz CT molecular complexity index is 1390. The number of aromatic nitrogens is 4. The van der Waals surface area contributed by atoms with Crippen LogP contribution in [0.1, 0.15) is 24.0 Å². The Morgan fingerprint density at radius 1 is 1.27 bits per heavy atom. The Kier molecular flexibility index (Phi) is 4.16. The first-order chi connectivity index (χ1) is 14.5. The monoisotopic (exact) mass is 406 g/mol. The van der Waals surface area contributed by atoms with Gasteiger partial charge in [-0.15, -0.1) is 0 Å². The number of rotatable bonds is 4. The summed E-state index contributed by atoms with van der Waals surface area (Å²) in [7, 11) is 0. The third kappa shape index (κ3) is 3.45. The number of anilines is 2. The average Bonchev–Trinajstić information content (AvgIpc) is 3.34. The van der Waals surface area contributed by atoms with Crippen molar-refractivity contribution in [3.63, 3.8) is 0 Å². The lowest BCUT2D eigenvalue weighted by Gasteiger charge is -2.08. The van der Waals surface area contributed by atoms with Gasteiger partial charge in [-0.1, -0.05) is 6.07 Å². The van der Waals surface area contributed by atoms with Crippen LogP contribution in [0.5, 0.6) is 11.8 Å². The van der Waals surface area contributed by atoms with Gasteiger partial charge in [-0.2, -0.15) is 9.61 Å². The van der Waals surface area contributed by atoms with Gasteiger partial charge < -0.3 is 15.5 Å². The number of aryl methyl sites for hydroxylation is 1. The summed E-state index contributed by atoms with van der Waals surface area (Å²) in [6, 6.07) is 8.21. The zero-order valence-corrected chi connectivity index (χ0v) is 16.1. The summed E-state index contributed by atoms with van der Waals surface area (Å²) in [5.41, 5.74) is 2.74. The van der Waals surface area contributed by atoms with E-state index in [1.165, 1.54) is 12.1 Å². The number of aromatic amines is 1. The van der Waals surface area contributed by atoms with Gasteiger partial charge in [-0.3, -0.25) is 9.98 Å². The maximum Gasteiger partial charge on any atom is 0.198 e. The van der Waals surface area contributed by atoms with Gasteiger partial charge in [-0.05, 0) is 43.5 Å². The maximum absolute atomic E-state index is 14.3. The summed E-state index contributed by atoms with van der Waals surface area (Å²) in [5.74, 6) is -0.255. The van der Waals surface area contributed by atoms with Crippen LogP contribution in [0, 0.1) is 12.7 Å². The molecule has 0 aliphatic heterocycles. The Labute approximate surface area is 170 Å². The van der Waals surface area contributed by atoms with Gasteiger partial charge in [0, 0.05) is 22.9 Å². The molecule has 3 aromatic heterocycles. The fourth-order valence-corrected chi connectivity index (χ4v) is 3.21. The predicted octanol–water partition coefficient (Wildman–Crippen LogP) is 2.27. The maximum atomic E-state index is 14.3. The summed E-state index contributed by atoms with van der Waals surface area (Å²) in [5, 5.41) is 27.5. The molecule has 0 spiro atoms. The number of H-pyrrole nitrogens is 1. The summed E-state index contributed by atoms with van der Waals surface area (Å²) in [4.78, 5) is 11.7. The summed E-state index contributed by atoms with van der Waals surface area (Å²) in [6.45, 7) is 1.89. The molecular weight excluding hydrogens is 387 g/mol. The van der Waals surface area contributed by atoms with Gasteiger partial charge >= 0.3 is 0 Å². The lowest BCUT2D eigenvalue weighted by Crippen LogP contribution is -2.20. The quantitative estimate of drug-likeness (QED) is 0.416. The molecule has 0 atom stereocenters. The predicted molar refractivity (Wildman–Crippen MR) is 109 cm³/mol. The van der Waals surface area contributed by atoms with Gasteiger partial charge in [0.05, 0.1) is 17.9 Å². The second kappa shape index (κ2) is 6.87. The zero-order valence-electron chi connectivity index (χ0n) is 16.1. The first kappa shape index (κ1) is 18.2. The molecule has 1 fully saturated rings. The third-order valence-electron chi connectivity index (χ3n) is 4.85. The molecule has 4 N–H and O–H groups in total. The van der Waals surface area contributed by atoms with Crippen LogP contribution in [0.25, 0.3) is 11.7 Å². The van der Waals surface area contributed by atoms with Crippen LogP contribution in [0.4, 0.5) is 15.9 Å². The number of fused-ring (bicyclic) bond motifs is 1. The van der Waals surface area contributed by atoms with Crippen LogP contribution in [0.15, 0.2) is 41.5 Å². The van der Waals surface area contributed by atoms with E-state index >= 15 is 0 Å². The Morgan fingerprint density at radius 2 is 2.10 bits per heavy atom. The number of hydrogen-bond donors (Lipinski definition) is 4. The molecule has 3 heterocycles. The van der Waals surface area contributed by atoms with E-state index in [-0.39, 0.29) is 23.6 Å². The van der Waals surface area contributed by atoms with E-state index < -0.39 is 0 Å². The number of hydrogen-bond acceptors (Lipinski definition) is 6. The molecule has 5 rings (SSSR count). The van der Waals surface area contributed by atoms with Gasteiger partial charge in [0.2, 0.25) is 0 Å². The van der Waals surface area contributed by atoms with Crippen LogP contribution in [-0.4, -0.2) is 35.8 Å². The van der Waals surface area contributed by atoms with E-state index in [1.807, 2.05) is 6.92 Å². The van der Waals surface area contributed by atoms with Crippen molar-refractivity contribution in [2.24, 2.45) is 4.99 Å². The highest BCUT2D eigenvalue weighted by Crippen LogP contribution is 2.24. The van der Waals surface area contributed by atoms with E-state index in [0.29, 0.717) is 33.4 Å². The smallest absolute Gasteiger partial charge is 0.198 e.